The maximum absolute atomic E-state index is 13.5. The summed E-state index contributed by atoms with van der Waals surface area (Å²) >= 11 is 0. The minimum atomic E-state index is -0.571. The van der Waals surface area contributed by atoms with Gasteiger partial charge in [-0.3, -0.25) is 0 Å². The molecule has 0 radical (unpaired) electrons. The van der Waals surface area contributed by atoms with E-state index < -0.39 is 17.5 Å². The van der Waals surface area contributed by atoms with Crippen molar-refractivity contribution in [2.75, 3.05) is 7.05 Å². The summed E-state index contributed by atoms with van der Waals surface area (Å²) in [5, 5.41) is 9.32. The van der Waals surface area contributed by atoms with Crippen LogP contribution in [0.4, 0.5) is 14.9 Å². The van der Waals surface area contributed by atoms with Gasteiger partial charge in [-0.05, 0) is 46.1 Å². The van der Waals surface area contributed by atoms with Crippen LogP contribution in [-0.4, -0.2) is 41.0 Å². The molecule has 1 aromatic carbocycles. The van der Waals surface area contributed by atoms with E-state index in [1.54, 1.807) is 11.9 Å². The third-order valence-electron chi connectivity index (χ3n) is 4.24. The molecule has 3 N–H and O–H groups in total. The highest BCUT2D eigenvalue weighted by Crippen LogP contribution is 2.30. The van der Waals surface area contributed by atoms with Crippen molar-refractivity contribution in [2.45, 2.75) is 64.2 Å². The number of ether oxygens (including phenoxy) is 2. The van der Waals surface area contributed by atoms with Crippen molar-refractivity contribution in [1.29, 1.82) is 0 Å². The largest absolute Gasteiger partial charge is 0.482 e. The van der Waals surface area contributed by atoms with Crippen molar-refractivity contribution in [3.8, 4) is 5.75 Å². The van der Waals surface area contributed by atoms with E-state index in [4.69, 9.17) is 9.47 Å². The number of nitrogens with two attached hydrogens (primary N) is 1. The molecule has 25 heavy (non-hydrogen) atoms. The maximum atomic E-state index is 13.5. The number of quaternary nitrogens is 1. The van der Waals surface area contributed by atoms with Crippen LogP contribution in [-0.2, 0) is 4.74 Å². The molecule has 0 heterocycles. The molecular weight excluding hydrogens is 327 g/mol. The van der Waals surface area contributed by atoms with Crippen LogP contribution in [0.25, 0.3) is 0 Å². The molecule has 7 heteroatoms. The molecule has 1 saturated carbocycles. The standard InChI is InChI=1S/C18H27FN2O4/c1-18(2,3)25-17(22)21(4)14-7-5-6-8-15(14)24-16-11-12(19)9-10-13(16)20-23/h9-11,14-15,20,23H,5-8H2,1-4H3/p+1/t14-,15?/m1/s1. The second-order valence-corrected chi connectivity index (χ2v) is 7.41. The molecular formula is C18H28FN2O4+. The van der Waals surface area contributed by atoms with E-state index in [0.717, 1.165) is 31.2 Å². The third-order valence-corrected chi connectivity index (χ3v) is 4.24. The van der Waals surface area contributed by atoms with Crippen molar-refractivity contribution in [3.05, 3.63) is 24.0 Å². The number of hydrogen-bond acceptors (Lipinski definition) is 4. The summed E-state index contributed by atoms with van der Waals surface area (Å²) in [4.78, 5) is 13.9. The normalized spacial score (nSPS) is 20.9. The summed E-state index contributed by atoms with van der Waals surface area (Å²) in [5.41, 5.74) is 0.730. The third kappa shape index (κ3) is 5.31. The zero-order valence-corrected chi connectivity index (χ0v) is 15.3. The molecule has 0 bridgehead atoms. The van der Waals surface area contributed by atoms with E-state index >= 15 is 0 Å². The quantitative estimate of drug-likeness (QED) is 0.643. The molecule has 140 valence electrons. The van der Waals surface area contributed by atoms with Gasteiger partial charge in [-0.1, -0.05) is 6.42 Å². The Hall–Kier alpha value is -1.86. The van der Waals surface area contributed by atoms with Crippen LogP contribution < -0.4 is 10.2 Å². The van der Waals surface area contributed by atoms with Crippen molar-refractivity contribution in [1.82, 2.24) is 4.90 Å². The van der Waals surface area contributed by atoms with E-state index in [-0.39, 0.29) is 17.9 Å². The maximum Gasteiger partial charge on any atom is 0.410 e. The highest BCUT2D eigenvalue weighted by Gasteiger charge is 2.35. The minimum absolute atomic E-state index is 0.168. The van der Waals surface area contributed by atoms with Crippen LogP contribution in [0.1, 0.15) is 46.5 Å². The summed E-state index contributed by atoms with van der Waals surface area (Å²) in [6.45, 7) is 5.47. The minimum Gasteiger partial charge on any atom is -0.482 e. The smallest absolute Gasteiger partial charge is 0.410 e. The van der Waals surface area contributed by atoms with Gasteiger partial charge in [0.1, 0.15) is 17.5 Å². The SMILES string of the molecule is CN(C(=O)OC(C)(C)C)[C@@H]1CCCCC1Oc1cc(F)ccc1[NH2+]O. The van der Waals surface area contributed by atoms with E-state index in [1.165, 1.54) is 18.2 Å². The highest BCUT2D eigenvalue weighted by atomic mass is 19.1. The molecule has 1 aliphatic rings. The molecule has 1 aliphatic carbocycles. The molecule has 0 aliphatic heterocycles. The Labute approximate surface area is 147 Å². The zero-order valence-electron chi connectivity index (χ0n) is 15.3. The summed E-state index contributed by atoms with van der Waals surface area (Å²) in [6, 6.07) is 3.81. The second-order valence-electron chi connectivity index (χ2n) is 7.41. The molecule has 2 atom stereocenters. The zero-order chi connectivity index (χ0) is 18.6. The van der Waals surface area contributed by atoms with Crippen LogP contribution in [0.5, 0.6) is 5.75 Å². The molecule has 0 aromatic heterocycles. The second kappa shape index (κ2) is 8.01. The average Bonchev–Trinajstić information content (AvgIpc) is 2.53. The first-order chi connectivity index (χ1) is 11.7. The number of halogens is 1. The van der Waals surface area contributed by atoms with Crippen molar-refractivity contribution in [2.24, 2.45) is 0 Å². The van der Waals surface area contributed by atoms with Gasteiger partial charge in [0.25, 0.3) is 0 Å². The summed E-state index contributed by atoms with van der Waals surface area (Å²) < 4.78 is 25.0. The van der Waals surface area contributed by atoms with Crippen molar-refractivity contribution < 1.29 is 29.3 Å². The van der Waals surface area contributed by atoms with Gasteiger partial charge in [-0.25, -0.2) is 14.4 Å². The summed E-state index contributed by atoms with van der Waals surface area (Å²) in [6.07, 6.45) is 2.80. The van der Waals surface area contributed by atoms with Crippen LogP contribution in [0, 0.1) is 5.82 Å². The van der Waals surface area contributed by atoms with Crippen LogP contribution in [0.2, 0.25) is 0 Å². The van der Waals surface area contributed by atoms with E-state index in [1.807, 2.05) is 20.8 Å². The average molecular weight is 355 g/mol. The molecule has 6 nitrogen and oxygen atoms in total. The van der Waals surface area contributed by atoms with Crippen molar-refractivity contribution >= 4 is 11.8 Å². The van der Waals surface area contributed by atoms with Crippen LogP contribution in [0.3, 0.4) is 0 Å². The Kier molecular flexibility index (Phi) is 6.24. The fraction of sp³-hybridized carbons (Fsp3) is 0.611. The van der Waals surface area contributed by atoms with Gasteiger partial charge in [-0.15, -0.1) is 0 Å². The van der Waals surface area contributed by atoms with Gasteiger partial charge in [0.2, 0.25) is 5.69 Å². The Morgan fingerprint density at radius 2 is 2.00 bits per heavy atom. The fourth-order valence-corrected chi connectivity index (χ4v) is 3.01. The van der Waals surface area contributed by atoms with Crippen LogP contribution in [0.15, 0.2) is 18.2 Å². The first-order valence-corrected chi connectivity index (χ1v) is 8.60. The topological polar surface area (TPSA) is 75.6 Å². The van der Waals surface area contributed by atoms with Gasteiger partial charge in [0.15, 0.2) is 5.75 Å². The number of hydrogen-bond donors (Lipinski definition) is 2. The van der Waals surface area contributed by atoms with E-state index in [2.05, 4.69) is 0 Å². The number of amides is 1. The molecule has 0 saturated heterocycles. The van der Waals surface area contributed by atoms with Gasteiger partial charge in [0, 0.05) is 19.2 Å². The predicted octanol–water partition coefficient (Wildman–Crippen LogP) is 2.97. The fourth-order valence-electron chi connectivity index (χ4n) is 3.01. The lowest BCUT2D eigenvalue weighted by atomic mass is 9.91. The first-order valence-electron chi connectivity index (χ1n) is 8.60. The molecule has 1 fully saturated rings. The number of carbonyl (C=O) groups excluding carboxylic acids is 1. The van der Waals surface area contributed by atoms with Crippen LogP contribution >= 0.6 is 0 Å². The Balaban J connectivity index is 2.15. The van der Waals surface area contributed by atoms with E-state index in [0.29, 0.717) is 5.69 Å². The number of rotatable bonds is 4. The van der Waals surface area contributed by atoms with Gasteiger partial charge >= 0.3 is 6.09 Å². The van der Waals surface area contributed by atoms with Gasteiger partial charge in [0.05, 0.1) is 6.04 Å². The van der Waals surface area contributed by atoms with E-state index in [9.17, 15) is 14.4 Å². The molecule has 1 aromatic rings. The molecule has 1 amide bonds. The van der Waals surface area contributed by atoms with Crippen molar-refractivity contribution in [3.63, 3.8) is 0 Å². The summed E-state index contributed by atoms with van der Waals surface area (Å²) in [7, 11) is 1.70. The highest BCUT2D eigenvalue weighted by molar-refractivity contribution is 5.68. The number of likely N-dealkylation sites (N-methyl/N-ethyl adjacent to an activating group) is 1. The molecule has 1 unspecified atom stereocenters. The number of benzene rings is 1. The lowest BCUT2D eigenvalue weighted by Crippen LogP contribution is -2.73. The number of carbonyl (C=O) groups is 1. The Morgan fingerprint density at radius 1 is 1.32 bits per heavy atom. The monoisotopic (exact) mass is 355 g/mol. The molecule has 0 spiro atoms. The molecule has 2 rings (SSSR count). The van der Waals surface area contributed by atoms with Gasteiger partial charge < -0.3 is 14.4 Å². The first kappa shape index (κ1) is 19.5. The predicted molar refractivity (Wildman–Crippen MR) is 90.4 cm³/mol. The Bertz CT molecular complexity index is 603. The van der Waals surface area contributed by atoms with Gasteiger partial charge in [-0.2, -0.15) is 5.48 Å². The number of nitrogens with zero attached hydrogens (tertiary/aromatic N) is 1. The lowest BCUT2D eigenvalue weighted by Gasteiger charge is -2.38. The Morgan fingerprint density at radius 3 is 2.64 bits per heavy atom. The lowest BCUT2D eigenvalue weighted by molar-refractivity contribution is -0.826. The summed E-state index contributed by atoms with van der Waals surface area (Å²) in [5.74, 6) is -0.162.